The van der Waals surface area contributed by atoms with Crippen molar-refractivity contribution in [1.82, 2.24) is 10.3 Å². The molecular weight excluding hydrogens is 322 g/mol. The average Bonchev–Trinajstić information content (AvgIpc) is 3.10. The smallest absolute Gasteiger partial charge is 0.285 e. The molecule has 0 spiro atoms. The first-order valence-corrected chi connectivity index (χ1v) is 8.70. The first kappa shape index (κ1) is 15.4. The van der Waals surface area contributed by atoms with Crippen molar-refractivity contribution in [2.75, 3.05) is 24.7 Å². The van der Waals surface area contributed by atoms with Gasteiger partial charge in [-0.05, 0) is 6.07 Å². The van der Waals surface area contributed by atoms with E-state index in [0.29, 0.717) is 24.5 Å². The topological polar surface area (TPSA) is 67.6 Å². The molecule has 0 amide bonds. The molecule has 1 aliphatic rings. The van der Waals surface area contributed by atoms with Gasteiger partial charge >= 0.3 is 0 Å². The zero-order chi connectivity index (χ0) is 15.4. The van der Waals surface area contributed by atoms with Gasteiger partial charge < -0.3 is 14.1 Å². The molecular formula is C14H17N3O3S2. The van der Waals surface area contributed by atoms with E-state index in [0.717, 1.165) is 23.9 Å². The molecule has 0 aromatic carbocycles. The number of furan rings is 1. The van der Waals surface area contributed by atoms with Crippen LogP contribution in [-0.4, -0.2) is 35.2 Å². The van der Waals surface area contributed by atoms with E-state index in [-0.39, 0.29) is 5.12 Å². The Bertz CT molecular complexity index is 609. The molecule has 1 aliphatic heterocycles. The second-order valence-electron chi connectivity index (χ2n) is 4.91. The Labute approximate surface area is 136 Å². The van der Waals surface area contributed by atoms with Gasteiger partial charge in [-0.25, -0.2) is 4.98 Å². The summed E-state index contributed by atoms with van der Waals surface area (Å²) in [6, 6.07) is 3.55. The van der Waals surface area contributed by atoms with E-state index in [4.69, 9.17) is 9.15 Å². The van der Waals surface area contributed by atoms with Crippen molar-refractivity contribution in [3.63, 3.8) is 0 Å². The zero-order valence-corrected chi connectivity index (χ0v) is 13.8. The summed E-state index contributed by atoms with van der Waals surface area (Å²) in [6.45, 7) is 4.43. The Kier molecular flexibility index (Phi) is 5.01. The first-order valence-electron chi connectivity index (χ1n) is 6.94. The second kappa shape index (κ2) is 7.17. The number of nitrogens with zero attached hydrogens (tertiary/aromatic N) is 2. The van der Waals surface area contributed by atoms with Crippen LogP contribution in [0.2, 0.25) is 0 Å². The summed E-state index contributed by atoms with van der Waals surface area (Å²) in [5.41, 5.74) is 0.991. The van der Waals surface area contributed by atoms with Gasteiger partial charge in [0.15, 0.2) is 10.2 Å². The monoisotopic (exact) mass is 339 g/mol. The lowest BCUT2D eigenvalue weighted by Crippen LogP contribution is -2.49. The van der Waals surface area contributed by atoms with Crippen LogP contribution in [0.4, 0.5) is 5.13 Å². The summed E-state index contributed by atoms with van der Waals surface area (Å²) in [5.74, 6) is 0.501. The van der Waals surface area contributed by atoms with Crippen molar-refractivity contribution >= 4 is 33.3 Å². The number of anilines is 1. The fraction of sp³-hybridized carbons (Fsp3) is 0.429. The number of thiazole rings is 1. The highest BCUT2D eigenvalue weighted by atomic mass is 32.2. The Morgan fingerprint density at radius 2 is 2.50 bits per heavy atom. The van der Waals surface area contributed by atoms with E-state index in [9.17, 15) is 4.79 Å². The third-order valence-corrected chi connectivity index (χ3v) is 5.02. The van der Waals surface area contributed by atoms with Crippen LogP contribution < -0.4 is 15.0 Å². The summed E-state index contributed by atoms with van der Waals surface area (Å²) >= 11 is 3.05. The average molecular weight is 339 g/mol. The zero-order valence-electron chi connectivity index (χ0n) is 12.2. The van der Waals surface area contributed by atoms with E-state index in [1.807, 2.05) is 5.38 Å². The van der Waals surface area contributed by atoms with Crippen LogP contribution in [0.3, 0.4) is 0 Å². The Morgan fingerprint density at radius 1 is 1.64 bits per heavy atom. The molecule has 8 heteroatoms. The minimum absolute atomic E-state index is 0.185. The molecule has 2 aromatic rings. The van der Waals surface area contributed by atoms with Gasteiger partial charge in [-0.3, -0.25) is 10.1 Å². The Hall–Kier alpha value is -1.51. The quantitative estimate of drug-likeness (QED) is 0.613. The van der Waals surface area contributed by atoms with Gasteiger partial charge in [0, 0.05) is 43.3 Å². The number of hydrogen-bond acceptors (Lipinski definition) is 8. The summed E-state index contributed by atoms with van der Waals surface area (Å²) < 4.78 is 10.4. The molecule has 6 nitrogen and oxygen atoms in total. The molecule has 0 unspecified atom stereocenters. The molecule has 22 heavy (non-hydrogen) atoms. The first-order chi connectivity index (χ1) is 10.7. The number of aromatic nitrogens is 1. The van der Waals surface area contributed by atoms with Crippen LogP contribution in [0, 0.1) is 0 Å². The standard InChI is InChI=1S/C14H17N3O3S2/c1-10(18)22-12-6-17(7-12)14-16-11(8-21-14)5-15-9-20-13-3-2-4-19-13/h2-4,8,12,15H,5-7,9H2,1H3. The van der Waals surface area contributed by atoms with Crippen LogP contribution in [0.1, 0.15) is 12.6 Å². The molecule has 0 atom stereocenters. The second-order valence-corrected chi connectivity index (χ2v) is 7.22. The van der Waals surface area contributed by atoms with Gasteiger partial charge in [0.05, 0.1) is 12.0 Å². The van der Waals surface area contributed by atoms with Gasteiger partial charge in [-0.15, -0.1) is 11.3 Å². The molecule has 2 aromatic heterocycles. The number of rotatable bonds is 7. The number of thioether (sulfide) groups is 1. The van der Waals surface area contributed by atoms with E-state index in [1.54, 1.807) is 36.7 Å². The lowest BCUT2D eigenvalue weighted by Gasteiger charge is -2.37. The van der Waals surface area contributed by atoms with Gasteiger partial charge in [-0.2, -0.15) is 0 Å². The Balaban J connectivity index is 1.38. The fourth-order valence-corrected chi connectivity index (χ4v) is 3.90. The molecule has 1 saturated heterocycles. The maximum atomic E-state index is 11.0. The molecule has 118 valence electrons. The lowest BCUT2D eigenvalue weighted by atomic mass is 10.2. The predicted molar refractivity (Wildman–Crippen MR) is 87.4 cm³/mol. The number of carbonyl (C=O) groups excluding carboxylic acids is 1. The fourth-order valence-electron chi connectivity index (χ4n) is 2.07. The van der Waals surface area contributed by atoms with E-state index in [1.165, 1.54) is 11.8 Å². The minimum atomic E-state index is 0.185. The van der Waals surface area contributed by atoms with Crippen molar-refractivity contribution < 1.29 is 13.9 Å². The van der Waals surface area contributed by atoms with Crippen molar-refractivity contribution in [2.24, 2.45) is 0 Å². The molecule has 0 bridgehead atoms. The van der Waals surface area contributed by atoms with Crippen LogP contribution >= 0.6 is 23.1 Å². The van der Waals surface area contributed by atoms with Crippen LogP contribution in [0.15, 0.2) is 28.2 Å². The van der Waals surface area contributed by atoms with Gasteiger partial charge in [0.1, 0.15) is 6.73 Å². The van der Waals surface area contributed by atoms with Crippen LogP contribution in [0.25, 0.3) is 0 Å². The van der Waals surface area contributed by atoms with Gasteiger partial charge in [0.25, 0.3) is 5.95 Å². The maximum Gasteiger partial charge on any atom is 0.285 e. The maximum absolute atomic E-state index is 11.0. The molecule has 0 aliphatic carbocycles. The lowest BCUT2D eigenvalue weighted by molar-refractivity contribution is -0.109. The summed E-state index contributed by atoms with van der Waals surface area (Å²) in [5, 5.41) is 6.81. The van der Waals surface area contributed by atoms with Crippen molar-refractivity contribution in [3.05, 3.63) is 29.5 Å². The number of carbonyl (C=O) groups is 1. The highest BCUT2D eigenvalue weighted by Gasteiger charge is 2.30. The Morgan fingerprint density at radius 3 is 3.23 bits per heavy atom. The minimum Gasteiger partial charge on any atom is -0.449 e. The largest absolute Gasteiger partial charge is 0.449 e. The molecule has 0 saturated carbocycles. The summed E-state index contributed by atoms with van der Waals surface area (Å²) in [4.78, 5) is 17.8. The highest BCUT2D eigenvalue weighted by molar-refractivity contribution is 8.14. The summed E-state index contributed by atoms with van der Waals surface area (Å²) in [7, 11) is 0. The third kappa shape index (κ3) is 4.02. The van der Waals surface area contributed by atoms with Gasteiger partial charge in [-0.1, -0.05) is 11.8 Å². The summed E-state index contributed by atoms with van der Waals surface area (Å²) in [6.07, 6.45) is 1.58. The van der Waals surface area contributed by atoms with E-state index >= 15 is 0 Å². The van der Waals surface area contributed by atoms with Crippen molar-refractivity contribution in [1.29, 1.82) is 0 Å². The molecule has 3 heterocycles. The normalized spacial score (nSPS) is 14.9. The molecule has 1 N–H and O–H groups in total. The van der Waals surface area contributed by atoms with Crippen molar-refractivity contribution in [2.45, 2.75) is 18.7 Å². The van der Waals surface area contributed by atoms with E-state index in [2.05, 4.69) is 15.2 Å². The SMILES string of the molecule is CC(=O)SC1CN(c2nc(CNCOc3ccco3)cs2)C1. The number of hydrogen-bond donors (Lipinski definition) is 1. The number of ether oxygens (including phenoxy) is 1. The van der Waals surface area contributed by atoms with Crippen molar-refractivity contribution in [3.8, 4) is 5.95 Å². The third-order valence-electron chi connectivity index (χ3n) is 3.11. The van der Waals surface area contributed by atoms with Crippen LogP contribution in [0.5, 0.6) is 5.95 Å². The predicted octanol–water partition coefficient (Wildman–Crippen LogP) is 2.33. The molecule has 1 fully saturated rings. The molecule has 3 rings (SSSR count). The number of nitrogens with one attached hydrogen (secondary N) is 1. The molecule has 0 radical (unpaired) electrons. The van der Waals surface area contributed by atoms with Crippen LogP contribution in [-0.2, 0) is 11.3 Å². The van der Waals surface area contributed by atoms with E-state index < -0.39 is 0 Å². The van der Waals surface area contributed by atoms with Gasteiger partial charge in [0.2, 0.25) is 0 Å². The highest BCUT2D eigenvalue weighted by Crippen LogP contribution is 2.30.